The molecule has 0 aliphatic carbocycles. The minimum atomic E-state index is -1.83. The minimum Gasteiger partial charge on any atom is -0.450 e. The first-order valence-electron chi connectivity index (χ1n) is 3.48. The van der Waals surface area contributed by atoms with Crippen LogP contribution in [-0.2, 0) is 0 Å². The van der Waals surface area contributed by atoms with Gasteiger partial charge in [0.2, 0.25) is 0 Å². The Kier molecular flexibility index (Phi) is 10.5. The first-order chi connectivity index (χ1) is 5.50. The van der Waals surface area contributed by atoms with Gasteiger partial charge in [0.25, 0.3) is 0 Å². The minimum absolute atomic E-state index is 0.193. The van der Waals surface area contributed by atoms with E-state index < -0.39 is 6.16 Å². The molecule has 6 nitrogen and oxygen atoms in total. The van der Waals surface area contributed by atoms with Gasteiger partial charge in [-0.3, -0.25) is 4.99 Å². The summed E-state index contributed by atoms with van der Waals surface area (Å²) < 4.78 is 0. The monoisotopic (exact) mass is 177 g/mol. The largest absolute Gasteiger partial charge is 0.503 e. The lowest BCUT2D eigenvalue weighted by molar-refractivity contribution is 0.137. The molecule has 0 amide bonds. The Hall–Kier alpha value is -1.46. The number of nitrogens with zero attached hydrogens (tertiary/aromatic N) is 1. The molecular weight excluding hydrogens is 162 g/mol. The zero-order chi connectivity index (χ0) is 9.98. The smallest absolute Gasteiger partial charge is 0.450 e. The zero-order valence-electron chi connectivity index (χ0n) is 7.03. The highest BCUT2D eigenvalue weighted by atomic mass is 16.6. The highest BCUT2D eigenvalue weighted by Gasteiger charge is 1.79. The van der Waals surface area contributed by atoms with Gasteiger partial charge >= 0.3 is 6.16 Å². The van der Waals surface area contributed by atoms with Crippen LogP contribution in [0.4, 0.5) is 4.79 Å². The maximum absolute atomic E-state index is 8.56. The molecule has 0 aromatic heterocycles. The average molecular weight is 177 g/mol. The SMILES string of the molecule is CCCCN=C(N)N.O=C(O)O. The van der Waals surface area contributed by atoms with Crippen LogP contribution in [0.2, 0.25) is 0 Å². The number of nitrogens with two attached hydrogens (primary N) is 2. The number of carboxylic acid groups (broad SMARTS) is 2. The molecule has 0 unspecified atom stereocenters. The van der Waals surface area contributed by atoms with Crippen molar-refractivity contribution in [2.45, 2.75) is 19.8 Å². The lowest BCUT2D eigenvalue weighted by Crippen LogP contribution is -2.22. The van der Waals surface area contributed by atoms with Crippen LogP contribution in [0.5, 0.6) is 0 Å². The van der Waals surface area contributed by atoms with Crippen LogP contribution in [0.3, 0.4) is 0 Å². The highest BCUT2D eigenvalue weighted by molar-refractivity contribution is 5.75. The van der Waals surface area contributed by atoms with Gasteiger partial charge in [0.05, 0.1) is 0 Å². The second-order valence-corrected chi connectivity index (χ2v) is 1.94. The summed E-state index contributed by atoms with van der Waals surface area (Å²) >= 11 is 0. The van der Waals surface area contributed by atoms with Crippen molar-refractivity contribution in [3.8, 4) is 0 Å². The summed E-state index contributed by atoms with van der Waals surface area (Å²) in [4.78, 5) is 12.3. The summed E-state index contributed by atoms with van der Waals surface area (Å²) in [6.45, 7) is 2.86. The maximum atomic E-state index is 8.56. The number of unbranched alkanes of at least 4 members (excludes halogenated alkanes) is 1. The molecule has 0 spiro atoms. The van der Waals surface area contributed by atoms with Gasteiger partial charge < -0.3 is 21.7 Å². The van der Waals surface area contributed by atoms with E-state index in [1.165, 1.54) is 0 Å². The molecule has 0 fully saturated rings. The predicted octanol–water partition coefficient (Wildman–Crippen LogP) is 0.282. The van der Waals surface area contributed by atoms with Crippen LogP contribution in [-0.4, -0.2) is 28.9 Å². The fourth-order valence-electron chi connectivity index (χ4n) is 0.366. The standard InChI is InChI=1S/C5H13N3.CH2O3/c1-2-3-4-8-5(6)7;2-1(3)4/h2-4H2,1H3,(H4,6,7,8);(H2,2,3,4). The number of aliphatic imine (C=N–C) groups is 1. The lowest BCUT2D eigenvalue weighted by Gasteiger charge is -1.89. The number of hydrogen-bond acceptors (Lipinski definition) is 2. The van der Waals surface area contributed by atoms with Gasteiger partial charge in [-0.25, -0.2) is 4.79 Å². The molecule has 0 saturated heterocycles. The molecule has 12 heavy (non-hydrogen) atoms. The third-order valence-corrected chi connectivity index (χ3v) is 0.806. The van der Waals surface area contributed by atoms with Gasteiger partial charge in [0, 0.05) is 6.54 Å². The Morgan fingerprint density at radius 1 is 1.42 bits per heavy atom. The average Bonchev–Trinajstić information content (AvgIpc) is 1.86. The first-order valence-corrected chi connectivity index (χ1v) is 3.48. The van der Waals surface area contributed by atoms with Crippen molar-refractivity contribution in [2.24, 2.45) is 16.5 Å². The zero-order valence-corrected chi connectivity index (χ0v) is 7.03. The molecule has 0 aliphatic heterocycles. The van der Waals surface area contributed by atoms with Gasteiger partial charge in [-0.2, -0.15) is 0 Å². The Bertz CT molecular complexity index is 139. The van der Waals surface area contributed by atoms with E-state index in [0.717, 1.165) is 19.4 Å². The fraction of sp³-hybridized carbons (Fsp3) is 0.667. The normalized spacial score (nSPS) is 7.75. The van der Waals surface area contributed by atoms with E-state index in [1.54, 1.807) is 0 Å². The van der Waals surface area contributed by atoms with Crippen molar-refractivity contribution in [2.75, 3.05) is 6.54 Å². The molecule has 6 heteroatoms. The molecule has 0 atom stereocenters. The highest BCUT2D eigenvalue weighted by Crippen LogP contribution is 1.84. The fourth-order valence-corrected chi connectivity index (χ4v) is 0.366. The van der Waals surface area contributed by atoms with Gasteiger partial charge in [0.15, 0.2) is 5.96 Å². The Balaban J connectivity index is 0. The van der Waals surface area contributed by atoms with E-state index in [2.05, 4.69) is 11.9 Å². The van der Waals surface area contributed by atoms with Crippen LogP contribution in [0.1, 0.15) is 19.8 Å². The van der Waals surface area contributed by atoms with Crippen molar-refractivity contribution in [3.05, 3.63) is 0 Å². The molecule has 0 aromatic rings. The molecule has 6 N–H and O–H groups in total. The maximum Gasteiger partial charge on any atom is 0.503 e. The Labute approximate surface area is 70.9 Å². The van der Waals surface area contributed by atoms with Crippen LogP contribution >= 0.6 is 0 Å². The van der Waals surface area contributed by atoms with Gasteiger partial charge in [-0.05, 0) is 6.42 Å². The molecule has 72 valence electrons. The number of carbonyl (C=O) groups is 1. The van der Waals surface area contributed by atoms with Crippen molar-refractivity contribution in [1.29, 1.82) is 0 Å². The van der Waals surface area contributed by atoms with Crippen LogP contribution in [0.15, 0.2) is 4.99 Å². The molecule has 0 radical (unpaired) electrons. The number of guanidine groups is 1. The third-order valence-electron chi connectivity index (χ3n) is 0.806. The van der Waals surface area contributed by atoms with E-state index in [9.17, 15) is 0 Å². The first kappa shape index (κ1) is 13.2. The van der Waals surface area contributed by atoms with E-state index in [-0.39, 0.29) is 5.96 Å². The van der Waals surface area contributed by atoms with Crippen LogP contribution in [0.25, 0.3) is 0 Å². The van der Waals surface area contributed by atoms with Crippen LogP contribution in [0, 0.1) is 0 Å². The molecule has 0 bridgehead atoms. The van der Waals surface area contributed by atoms with Crippen molar-refractivity contribution < 1.29 is 15.0 Å². The second kappa shape index (κ2) is 9.54. The van der Waals surface area contributed by atoms with Gasteiger partial charge in [-0.1, -0.05) is 13.3 Å². The summed E-state index contributed by atoms with van der Waals surface area (Å²) in [5, 5.41) is 13.9. The molecule has 0 heterocycles. The van der Waals surface area contributed by atoms with Gasteiger partial charge in [-0.15, -0.1) is 0 Å². The van der Waals surface area contributed by atoms with E-state index in [4.69, 9.17) is 26.5 Å². The molecule has 0 saturated carbocycles. The Morgan fingerprint density at radius 2 is 1.83 bits per heavy atom. The number of hydrogen-bond donors (Lipinski definition) is 4. The van der Waals surface area contributed by atoms with E-state index in [0.29, 0.717) is 0 Å². The summed E-state index contributed by atoms with van der Waals surface area (Å²) in [5.74, 6) is 0.193. The van der Waals surface area contributed by atoms with Crippen molar-refractivity contribution in [1.82, 2.24) is 0 Å². The molecular formula is C6H15N3O3. The quantitative estimate of drug-likeness (QED) is 0.280. The van der Waals surface area contributed by atoms with E-state index in [1.807, 2.05) is 0 Å². The molecule has 0 rings (SSSR count). The van der Waals surface area contributed by atoms with Gasteiger partial charge in [0.1, 0.15) is 0 Å². The third kappa shape index (κ3) is 38.7. The second-order valence-electron chi connectivity index (χ2n) is 1.94. The summed E-state index contributed by atoms with van der Waals surface area (Å²) in [6, 6.07) is 0. The summed E-state index contributed by atoms with van der Waals surface area (Å²) in [7, 11) is 0. The van der Waals surface area contributed by atoms with Crippen molar-refractivity contribution in [3.63, 3.8) is 0 Å². The number of rotatable bonds is 3. The van der Waals surface area contributed by atoms with Crippen LogP contribution < -0.4 is 11.5 Å². The van der Waals surface area contributed by atoms with Crippen molar-refractivity contribution >= 4 is 12.1 Å². The summed E-state index contributed by atoms with van der Waals surface area (Å²) in [6.07, 6.45) is 0.370. The molecule has 0 aliphatic rings. The predicted molar refractivity (Wildman–Crippen MR) is 46.2 cm³/mol. The summed E-state index contributed by atoms with van der Waals surface area (Å²) in [5.41, 5.74) is 10.1. The topological polar surface area (TPSA) is 122 Å². The van der Waals surface area contributed by atoms with E-state index >= 15 is 0 Å². The Morgan fingerprint density at radius 3 is 2.08 bits per heavy atom. The molecule has 0 aromatic carbocycles. The lowest BCUT2D eigenvalue weighted by atomic mass is 10.3.